The van der Waals surface area contributed by atoms with Crippen molar-refractivity contribution in [3.63, 3.8) is 0 Å². The van der Waals surface area contributed by atoms with Crippen LogP contribution < -0.4 is 10.0 Å². The predicted molar refractivity (Wildman–Crippen MR) is 92.2 cm³/mol. The lowest BCUT2D eigenvalue weighted by Gasteiger charge is -2.09. The van der Waals surface area contributed by atoms with Gasteiger partial charge in [-0.3, -0.25) is 4.72 Å². The minimum absolute atomic E-state index is 0.194. The first-order chi connectivity index (χ1) is 10.9. The van der Waals surface area contributed by atoms with E-state index in [0.29, 0.717) is 11.7 Å². The number of nitrogens with one attached hydrogen (secondary N) is 2. The van der Waals surface area contributed by atoms with Crippen molar-refractivity contribution in [1.82, 2.24) is 10.2 Å². The molecule has 2 rings (SSSR count). The summed E-state index contributed by atoms with van der Waals surface area (Å²) >= 11 is 0. The molecule has 1 aromatic carbocycles. The van der Waals surface area contributed by atoms with Crippen LogP contribution in [0.4, 0.5) is 11.6 Å². The van der Waals surface area contributed by atoms with Crippen LogP contribution in [-0.2, 0) is 10.0 Å². The fourth-order valence-electron chi connectivity index (χ4n) is 1.96. The van der Waals surface area contributed by atoms with E-state index in [1.165, 1.54) is 0 Å². The molecule has 1 aromatic heterocycles. The number of hydrogen-bond donors (Lipinski definition) is 2. The fourth-order valence-corrected chi connectivity index (χ4v) is 2.96. The van der Waals surface area contributed by atoms with Gasteiger partial charge in [0.1, 0.15) is 5.82 Å². The summed E-state index contributed by atoms with van der Waals surface area (Å²) in [6, 6.07) is 10.1. The van der Waals surface area contributed by atoms with Crippen molar-refractivity contribution in [2.24, 2.45) is 0 Å². The van der Waals surface area contributed by atoms with Gasteiger partial charge in [0.2, 0.25) is 0 Å². The molecule has 6 nitrogen and oxygen atoms in total. The molecule has 0 aliphatic heterocycles. The Bertz CT molecular complexity index is 726. The Morgan fingerprint density at radius 1 is 1.00 bits per heavy atom. The maximum atomic E-state index is 12.3. The normalized spacial score (nSPS) is 11.5. The largest absolute Gasteiger partial charge is 0.369 e. The quantitative estimate of drug-likeness (QED) is 0.812. The topological polar surface area (TPSA) is 84.0 Å². The average Bonchev–Trinajstić information content (AvgIpc) is 2.54. The molecule has 7 heteroatoms. The van der Waals surface area contributed by atoms with E-state index in [2.05, 4.69) is 34.1 Å². The highest BCUT2D eigenvalue weighted by atomic mass is 32.2. The summed E-state index contributed by atoms with van der Waals surface area (Å²) in [7, 11) is -3.66. The summed E-state index contributed by atoms with van der Waals surface area (Å²) < 4.78 is 27.1. The van der Waals surface area contributed by atoms with Crippen molar-refractivity contribution in [2.45, 2.75) is 38.0 Å². The third kappa shape index (κ3) is 4.66. The lowest BCUT2D eigenvalue weighted by atomic mass is 10.0. The van der Waals surface area contributed by atoms with Gasteiger partial charge in [-0.05, 0) is 42.2 Å². The second-order valence-electron chi connectivity index (χ2n) is 5.56. The number of sulfonamides is 1. The van der Waals surface area contributed by atoms with Crippen molar-refractivity contribution >= 4 is 21.7 Å². The molecule has 0 radical (unpaired) electrons. The lowest BCUT2D eigenvalue weighted by Crippen LogP contribution is -2.14. The third-order valence-corrected chi connectivity index (χ3v) is 4.69. The van der Waals surface area contributed by atoms with Crippen LogP contribution in [0.1, 0.15) is 38.7 Å². The zero-order valence-corrected chi connectivity index (χ0v) is 14.4. The van der Waals surface area contributed by atoms with Crippen molar-refractivity contribution in [3.8, 4) is 0 Å². The Balaban J connectivity index is 2.11. The first kappa shape index (κ1) is 17.2. The lowest BCUT2D eigenvalue weighted by molar-refractivity contribution is 0.601. The van der Waals surface area contributed by atoms with E-state index in [1.54, 1.807) is 24.3 Å². The summed E-state index contributed by atoms with van der Waals surface area (Å²) in [5.41, 5.74) is 1.09. The van der Waals surface area contributed by atoms with Gasteiger partial charge in [0.15, 0.2) is 5.82 Å². The minimum atomic E-state index is -3.66. The smallest absolute Gasteiger partial charge is 0.263 e. The fraction of sp³-hybridized carbons (Fsp3) is 0.375. The van der Waals surface area contributed by atoms with Crippen LogP contribution in [0.3, 0.4) is 0 Å². The van der Waals surface area contributed by atoms with Crippen molar-refractivity contribution in [3.05, 3.63) is 42.0 Å². The molecule has 0 saturated carbocycles. The Labute approximate surface area is 137 Å². The monoisotopic (exact) mass is 334 g/mol. The van der Waals surface area contributed by atoms with Crippen molar-refractivity contribution < 1.29 is 8.42 Å². The predicted octanol–water partition coefficient (Wildman–Crippen LogP) is 3.22. The van der Waals surface area contributed by atoms with E-state index in [1.807, 2.05) is 19.1 Å². The average molecular weight is 334 g/mol. The molecule has 0 atom stereocenters. The molecule has 0 saturated heterocycles. The van der Waals surface area contributed by atoms with Gasteiger partial charge < -0.3 is 5.32 Å². The molecule has 0 bridgehead atoms. The molecule has 0 aliphatic rings. The van der Waals surface area contributed by atoms with Crippen LogP contribution in [0.15, 0.2) is 41.3 Å². The number of aromatic nitrogens is 2. The van der Waals surface area contributed by atoms with Gasteiger partial charge in [0, 0.05) is 6.54 Å². The molecule has 2 N–H and O–H groups in total. The Morgan fingerprint density at radius 2 is 1.61 bits per heavy atom. The zero-order chi connectivity index (χ0) is 16.9. The van der Waals surface area contributed by atoms with E-state index in [9.17, 15) is 8.42 Å². The molecule has 124 valence electrons. The standard InChI is InChI=1S/C16H22N4O2S/c1-4-11-17-15-9-10-16(19-18-15)20-23(21,22)14-7-5-13(6-8-14)12(2)3/h5-10,12H,4,11H2,1-3H3,(H,17,18)(H,19,20). The molecule has 0 aliphatic carbocycles. The molecule has 0 spiro atoms. The highest BCUT2D eigenvalue weighted by molar-refractivity contribution is 7.92. The molecule has 0 unspecified atom stereocenters. The van der Waals surface area contributed by atoms with Gasteiger partial charge in [-0.15, -0.1) is 10.2 Å². The first-order valence-corrected chi connectivity index (χ1v) is 9.11. The number of hydrogen-bond acceptors (Lipinski definition) is 5. The van der Waals surface area contributed by atoms with Gasteiger partial charge in [-0.1, -0.05) is 32.9 Å². The molecular formula is C16H22N4O2S. The van der Waals surface area contributed by atoms with Crippen LogP contribution in [0, 0.1) is 0 Å². The minimum Gasteiger partial charge on any atom is -0.369 e. The van der Waals surface area contributed by atoms with Gasteiger partial charge in [-0.2, -0.15) is 0 Å². The highest BCUT2D eigenvalue weighted by Gasteiger charge is 2.15. The van der Waals surface area contributed by atoms with Gasteiger partial charge >= 0.3 is 0 Å². The van der Waals surface area contributed by atoms with E-state index in [0.717, 1.165) is 18.5 Å². The summed E-state index contributed by atoms with van der Waals surface area (Å²) in [4.78, 5) is 0.205. The van der Waals surface area contributed by atoms with Gasteiger partial charge in [0.25, 0.3) is 10.0 Å². The highest BCUT2D eigenvalue weighted by Crippen LogP contribution is 2.19. The van der Waals surface area contributed by atoms with E-state index in [4.69, 9.17) is 0 Å². The Morgan fingerprint density at radius 3 is 2.13 bits per heavy atom. The number of benzene rings is 1. The van der Waals surface area contributed by atoms with Crippen molar-refractivity contribution in [1.29, 1.82) is 0 Å². The van der Waals surface area contributed by atoms with Crippen LogP contribution in [0.5, 0.6) is 0 Å². The molecule has 0 amide bonds. The number of rotatable bonds is 7. The van der Waals surface area contributed by atoms with Crippen LogP contribution in [0.2, 0.25) is 0 Å². The van der Waals surface area contributed by atoms with E-state index < -0.39 is 10.0 Å². The molecular weight excluding hydrogens is 312 g/mol. The van der Waals surface area contributed by atoms with E-state index >= 15 is 0 Å². The summed E-state index contributed by atoms with van der Waals surface area (Å²) in [6.45, 7) is 6.96. The second-order valence-corrected chi connectivity index (χ2v) is 7.24. The second kappa shape index (κ2) is 7.41. The summed E-state index contributed by atoms with van der Waals surface area (Å²) in [5.74, 6) is 1.17. The Kier molecular flexibility index (Phi) is 5.54. The van der Waals surface area contributed by atoms with Crippen LogP contribution in [0.25, 0.3) is 0 Å². The molecule has 0 fully saturated rings. The summed E-state index contributed by atoms with van der Waals surface area (Å²) in [5, 5.41) is 10.9. The number of nitrogens with zero attached hydrogens (tertiary/aromatic N) is 2. The molecule has 1 heterocycles. The van der Waals surface area contributed by atoms with Gasteiger partial charge in [-0.25, -0.2) is 8.42 Å². The SMILES string of the molecule is CCCNc1ccc(NS(=O)(=O)c2ccc(C(C)C)cc2)nn1. The van der Waals surface area contributed by atoms with Gasteiger partial charge in [0.05, 0.1) is 4.90 Å². The molecule has 2 aromatic rings. The molecule has 23 heavy (non-hydrogen) atoms. The van der Waals surface area contributed by atoms with E-state index in [-0.39, 0.29) is 10.7 Å². The summed E-state index contributed by atoms with van der Waals surface area (Å²) in [6.07, 6.45) is 0.975. The maximum absolute atomic E-state index is 12.3. The van der Waals surface area contributed by atoms with Crippen molar-refractivity contribution in [2.75, 3.05) is 16.6 Å². The third-order valence-electron chi connectivity index (χ3n) is 3.32. The van der Waals surface area contributed by atoms with Crippen LogP contribution in [-0.4, -0.2) is 25.2 Å². The number of anilines is 2. The zero-order valence-electron chi connectivity index (χ0n) is 13.6. The Hall–Kier alpha value is -2.15. The maximum Gasteiger partial charge on any atom is 0.263 e. The van der Waals surface area contributed by atoms with Crippen LogP contribution >= 0.6 is 0 Å². The first-order valence-electron chi connectivity index (χ1n) is 7.62.